The van der Waals surface area contributed by atoms with Crippen molar-refractivity contribution in [1.82, 2.24) is 20.2 Å². The predicted molar refractivity (Wildman–Crippen MR) is 120 cm³/mol. The summed E-state index contributed by atoms with van der Waals surface area (Å²) in [6.45, 7) is 4.49. The van der Waals surface area contributed by atoms with Crippen LogP contribution in [0.3, 0.4) is 0 Å². The van der Waals surface area contributed by atoms with Gasteiger partial charge in [-0.15, -0.1) is 0 Å². The molecule has 3 rings (SSSR count). The quantitative estimate of drug-likeness (QED) is 0.514. The van der Waals surface area contributed by atoms with Crippen molar-refractivity contribution in [3.8, 4) is 5.69 Å². The molecule has 1 atom stereocenters. The van der Waals surface area contributed by atoms with Crippen molar-refractivity contribution in [2.24, 2.45) is 0 Å². The number of carbonyl (C=O) groups is 2. The number of nitrogens with zero attached hydrogens (tertiary/aromatic N) is 2. The fraction of sp³-hybridized carbons (Fsp3) is 0.261. The van der Waals surface area contributed by atoms with E-state index in [1.807, 2.05) is 73.1 Å². The third kappa shape index (κ3) is 5.97. The standard InChI is InChI=1S/C23H26N4O2S/c1-3-17(2)26-21(28)16-30-23-24-12-13-27(23)20-11-7-10-19(14-20)22(29)25-15-18-8-5-4-6-9-18/h4-14,17H,3,15-16H2,1-2H3,(H,25,29)(H,26,28)/t17-/m1/s1. The van der Waals surface area contributed by atoms with Crippen molar-refractivity contribution in [2.45, 2.75) is 38.0 Å². The number of carbonyl (C=O) groups excluding carboxylic acids is 2. The molecule has 0 fully saturated rings. The topological polar surface area (TPSA) is 76.0 Å². The Morgan fingerprint density at radius 2 is 1.93 bits per heavy atom. The molecule has 6 nitrogen and oxygen atoms in total. The molecule has 2 N–H and O–H groups in total. The third-order valence-electron chi connectivity index (χ3n) is 4.64. The van der Waals surface area contributed by atoms with Gasteiger partial charge >= 0.3 is 0 Å². The summed E-state index contributed by atoms with van der Waals surface area (Å²) in [5.74, 6) is 0.138. The van der Waals surface area contributed by atoms with E-state index in [1.165, 1.54) is 11.8 Å². The van der Waals surface area contributed by atoms with Crippen LogP contribution >= 0.6 is 11.8 Å². The lowest BCUT2D eigenvalue weighted by atomic mass is 10.1. The van der Waals surface area contributed by atoms with Gasteiger partial charge in [-0.2, -0.15) is 0 Å². The second-order valence-electron chi connectivity index (χ2n) is 6.96. The zero-order chi connectivity index (χ0) is 21.3. The van der Waals surface area contributed by atoms with Gasteiger partial charge in [0, 0.05) is 36.2 Å². The van der Waals surface area contributed by atoms with Crippen LogP contribution in [0.25, 0.3) is 5.69 Å². The Bertz CT molecular complexity index is 988. The Morgan fingerprint density at radius 1 is 1.13 bits per heavy atom. The average molecular weight is 423 g/mol. The van der Waals surface area contributed by atoms with Gasteiger partial charge in [0.1, 0.15) is 0 Å². The fourth-order valence-electron chi connectivity index (χ4n) is 2.82. The second kappa shape index (κ2) is 10.6. The summed E-state index contributed by atoms with van der Waals surface area (Å²) in [5, 5.41) is 6.60. The smallest absolute Gasteiger partial charge is 0.251 e. The zero-order valence-corrected chi connectivity index (χ0v) is 18.0. The van der Waals surface area contributed by atoms with Crippen molar-refractivity contribution in [1.29, 1.82) is 0 Å². The minimum Gasteiger partial charge on any atom is -0.353 e. The van der Waals surface area contributed by atoms with E-state index in [9.17, 15) is 9.59 Å². The number of thioether (sulfide) groups is 1. The van der Waals surface area contributed by atoms with E-state index in [0.29, 0.717) is 23.0 Å². The molecule has 0 unspecified atom stereocenters. The van der Waals surface area contributed by atoms with E-state index in [2.05, 4.69) is 15.6 Å². The van der Waals surface area contributed by atoms with Gasteiger partial charge in [-0.3, -0.25) is 14.2 Å². The van der Waals surface area contributed by atoms with Crippen molar-refractivity contribution >= 4 is 23.6 Å². The molecule has 1 aromatic heterocycles. The lowest BCUT2D eigenvalue weighted by molar-refractivity contribution is -0.119. The predicted octanol–water partition coefficient (Wildman–Crippen LogP) is 3.81. The molecule has 0 bridgehead atoms. The molecule has 0 saturated carbocycles. The molecular weight excluding hydrogens is 396 g/mol. The van der Waals surface area contributed by atoms with Gasteiger partial charge in [0.2, 0.25) is 5.91 Å². The van der Waals surface area contributed by atoms with Crippen LogP contribution in [0.15, 0.2) is 72.1 Å². The minimum absolute atomic E-state index is 0.0158. The number of hydrogen-bond donors (Lipinski definition) is 2. The fourth-order valence-corrected chi connectivity index (χ4v) is 3.60. The van der Waals surface area contributed by atoms with E-state index in [-0.39, 0.29) is 17.9 Å². The largest absolute Gasteiger partial charge is 0.353 e. The van der Waals surface area contributed by atoms with Crippen LogP contribution < -0.4 is 10.6 Å². The van der Waals surface area contributed by atoms with Crippen LogP contribution in [0.2, 0.25) is 0 Å². The molecule has 0 radical (unpaired) electrons. The highest BCUT2D eigenvalue weighted by Gasteiger charge is 2.12. The highest BCUT2D eigenvalue weighted by atomic mass is 32.2. The summed E-state index contributed by atoms with van der Waals surface area (Å²) in [6, 6.07) is 17.3. The summed E-state index contributed by atoms with van der Waals surface area (Å²) < 4.78 is 1.88. The first-order valence-electron chi connectivity index (χ1n) is 9.95. The first-order chi connectivity index (χ1) is 14.6. The highest BCUT2D eigenvalue weighted by molar-refractivity contribution is 7.99. The Kier molecular flexibility index (Phi) is 7.68. The van der Waals surface area contributed by atoms with E-state index in [0.717, 1.165) is 17.7 Å². The molecule has 7 heteroatoms. The Labute approximate surface area is 181 Å². The molecule has 2 aromatic carbocycles. The maximum atomic E-state index is 12.6. The Balaban J connectivity index is 1.65. The SMILES string of the molecule is CC[C@@H](C)NC(=O)CSc1nccn1-c1cccc(C(=O)NCc2ccccc2)c1. The van der Waals surface area contributed by atoms with Gasteiger partial charge in [0.25, 0.3) is 5.91 Å². The zero-order valence-electron chi connectivity index (χ0n) is 17.2. The van der Waals surface area contributed by atoms with Gasteiger partial charge in [-0.25, -0.2) is 4.98 Å². The van der Waals surface area contributed by atoms with Crippen molar-refractivity contribution in [3.05, 3.63) is 78.1 Å². The van der Waals surface area contributed by atoms with Crippen LogP contribution in [-0.4, -0.2) is 33.2 Å². The molecule has 0 aliphatic rings. The van der Waals surface area contributed by atoms with Crippen molar-refractivity contribution in [3.63, 3.8) is 0 Å². The van der Waals surface area contributed by atoms with Crippen molar-refractivity contribution in [2.75, 3.05) is 5.75 Å². The molecule has 0 aliphatic carbocycles. The molecule has 0 saturated heterocycles. The number of amides is 2. The van der Waals surface area contributed by atoms with Gasteiger partial charge < -0.3 is 10.6 Å². The lowest BCUT2D eigenvalue weighted by Gasteiger charge is -2.12. The summed E-state index contributed by atoms with van der Waals surface area (Å²) >= 11 is 1.37. The summed E-state index contributed by atoms with van der Waals surface area (Å²) in [7, 11) is 0. The van der Waals surface area contributed by atoms with Gasteiger partial charge in [0.05, 0.1) is 5.75 Å². The number of aromatic nitrogens is 2. The Morgan fingerprint density at radius 3 is 2.70 bits per heavy atom. The maximum Gasteiger partial charge on any atom is 0.251 e. The van der Waals surface area contributed by atoms with Gasteiger partial charge in [-0.1, -0.05) is 55.1 Å². The maximum absolute atomic E-state index is 12.6. The number of imidazole rings is 1. The van der Waals surface area contributed by atoms with E-state index in [1.54, 1.807) is 12.3 Å². The molecule has 0 aliphatic heterocycles. The summed E-state index contributed by atoms with van der Waals surface area (Å²) in [4.78, 5) is 29.0. The Hall–Kier alpha value is -3.06. The van der Waals surface area contributed by atoms with Crippen LogP contribution in [0, 0.1) is 0 Å². The van der Waals surface area contributed by atoms with Gasteiger partial charge in [0.15, 0.2) is 5.16 Å². The van der Waals surface area contributed by atoms with Crippen LogP contribution in [-0.2, 0) is 11.3 Å². The van der Waals surface area contributed by atoms with Crippen LogP contribution in [0.5, 0.6) is 0 Å². The number of benzene rings is 2. The first-order valence-corrected chi connectivity index (χ1v) is 10.9. The normalized spacial score (nSPS) is 11.7. The minimum atomic E-state index is -0.136. The van der Waals surface area contributed by atoms with Crippen LogP contribution in [0.4, 0.5) is 0 Å². The lowest BCUT2D eigenvalue weighted by Crippen LogP contribution is -2.33. The first kappa shape index (κ1) is 21.6. The molecule has 2 amide bonds. The number of hydrogen-bond acceptors (Lipinski definition) is 4. The molecule has 3 aromatic rings. The highest BCUT2D eigenvalue weighted by Crippen LogP contribution is 2.21. The molecule has 1 heterocycles. The summed E-state index contributed by atoms with van der Waals surface area (Å²) in [5.41, 5.74) is 2.44. The summed E-state index contributed by atoms with van der Waals surface area (Å²) in [6.07, 6.45) is 4.41. The molecule has 156 valence electrons. The van der Waals surface area contributed by atoms with E-state index < -0.39 is 0 Å². The monoisotopic (exact) mass is 422 g/mol. The second-order valence-corrected chi connectivity index (χ2v) is 7.91. The average Bonchev–Trinajstić information content (AvgIpc) is 3.25. The number of nitrogens with one attached hydrogen (secondary N) is 2. The molecular formula is C23H26N4O2S. The van der Waals surface area contributed by atoms with E-state index in [4.69, 9.17) is 0 Å². The van der Waals surface area contributed by atoms with Crippen molar-refractivity contribution < 1.29 is 9.59 Å². The molecule has 30 heavy (non-hydrogen) atoms. The van der Waals surface area contributed by atoms with Gasteiger partial charge in [-0.05, 0) is 37.1 Å². The third-order valence-corrected chi connectivity index (χ3v) is 5.61. The molecule has 0 spiro atoms. The van der Waals surface area contributed by atoms with E-state index >= 15 is 0 Å². The number of rotatable bonds is 9. The van der Waals surface area contributed by atoms with Crippen LogP contribution in [0.1, 0.15) is 36.2 Å².